The smallest absolute Gasteiger partial charge is 0.240 e. The molecular weight excluding hydrogens is 302 g/mol. The summed E-state index contributed by atoms with van der Waals surface area (Å²) in [6.07, 6.45) is 0.492. The number of sulfonamides is 1. The van der Waals surface area contributed by atoms with E-state index in [4.69, 9.17) is 10.9 Å². The molecule has 1 fully saturated rings. The normalized spacial score (nSPS) is 25.5. The minimum atomic E-state index is -3.86. The second-order valence-corrected chi connectivity index (χ2v) is 9.04. The van der Waals surface area contributed by atoms with Gasteiger partial charge in [0.1, 0.15) is 4.90 Å². The summed E-state index contributed by atoms with van der Waals surface area (Å²) in [5.74, 6) is 0.179. The van der Waals surface area contributed by atoms with Gasteiger partial charge in [-0.1, -0.05) is 0 Å². The van der Waals surface area contributed by atoms with E-state index in [1.165, 1.54) is 18.2 Å². The first kappa shape index (κ1) is 15.1. The molecule has 1 aliphatic rings. The Labute approximate surface area is 118 Å². The van der Waals surface area contributed by atoms with Crippen molar-refractivity contribution in [3.63, 3.8) is 0 Å². The van der Waals surface area contributed by atoms with Crippen molar-refractivity contribution in [2.75, 3.05) is 22.6 Å². The average Bonchev–Trinajstić information content (AvgIpc) is 2.50. The number of sulfone groups is 1. The molecule has 0 aliphatic carbocycles. The van der Waals surface area contributed by atoms with Crippen molar-refractivity contribution in [1.29, 1.82) is 0 Å². The summed E-state index contributed by atoms with van der Waals surface area (Å²) in [6, 6.07) is 4.27. The molecule has 1 heterocycles. The lowest BCUT2D eigenvalue weighted by molar-refractivity contribution is 0.574. The molecule has 5 N–H and O–H groups in total. The molecular formula is C11H17N3O4S2. The van der Waals surface area contributed by atoms with Gasteiger partial charge in [-0.05, 0) is 31.5 Å². The zero-order valence-electron chi connectivity index (χ0n) is 11.0. The van der Waals surface area contributed by atoms with E-state index in [1.807, 2.05) is 0 Å². The van der Waals surface area contributed by atoms with Crippen LogP contribution in [-0.2, 0) is 19.9 Å². The number of nitrogen functional groups attached to an aromatic ring is 1. The van der Waals surface area contributed by atoms with Crippen molar-refractivity contribution < 1.29 is 16.8 Å². The van der Waals surface area contributed by atoms with Gasteiger partial charge in [-0.3, -0.25) is 0 Å². The van der Waals surface area contributed by atoms with Crippen LogP contribution in [0.5, 0.6) is 0 Å². The Hall–Kier alpha value is -1.32. The molecule has 1 unspecified atom stereocenters. The number of benzene rings is 1. The summed E-state index contributed by atoms with van der Waals surface area (Å²) >= 11 is 0. The molecule has 0 spiro atoms. The monoisotopic (exact) mass is 319 g/mol. The quantitative estimate of drug-likeness (QED) is 0.667. The zero-order chi connectivity index (χ0) is 15.2. The zero-order valence-corrected chi connectivity index (χ0v) is 12.6. The van der Waals surface area contributed by atoms with Crippen LogP contribution in [-0.4, -0.2) is 33.9 Å². The molecule has 1 aliphatic heterocycles. The minimum Gasteiger partial charge on any atom is -0.398 e. The molecule has 1 saturated heterocycles. The van der Waals surface area contributed by atoms with Gasteiger partial charge in [-0.25, -0.2) is 22.0 Å². The van der Waals surface area contributed by atoms with E-state index >= 15 is 0 Å². The predicted molar refractivity (Wildman–Crippen MR) is 77.5 cm³/mol. The molecule has 0 aromatic heterocycles. The molecule has 1 aromatic carbocycles. The molecule has 20 heavy (non-hydrogen) atoms. The van der Waals surface area contributed by atoms with Gasteiger partial charge in [0.05, 0.1) is 17.2 Å². The average molecular weight is 319 g/mol. The van der Waals surface area contributed by atoms with Crippen molar-refractivity contribution in [2.45, 2.75) is 23.8 Å². The molecule has 9 heteroatoms. The van der Waals surface area contributed by atoms with Crippen molar-refractivity contribution >= 4 is 31.2 Å². The van der Waals surface area contributed by atoms with Crippen LogP contribution < -0.4 is 16.2 Å². The van der Waals surface area contributed by atoms with Crippen LogP contribution in [0.15, 0.2) is 23.1 Å². The van der Waals surface area contributed by atoms with Crippen molar-refractivity contribution in [3.8, 4) is 0 Å². The number of rotatable bonds is 3. The van der Waals surface area contributed by atoms with Gasteiger partial charge in [0.2, 0.25) is 10.0 Å². The maximum Gasteiger partial charge on any atom is 0.240 e. The van der Waals surface area contributed by atoms with Crippen LogP contribution in [0.25, 0.3) is 0 Å². The van der Waals surface area contributed by atoms with Crippen LogP contribution in [0.4, 0.5) is 11.4 Å². The highest BCUT2D eigenvalue weighted by Crippen LogP contribution is 2.29. The molecule has 2 rings (SSSR count). The molecule has 0 bridgehead atoms. The molecule has 0 radical (unpaired) electrons. The summed E-state index contributed by atoms with van der Waals surface area (Å²) in [5.41, 5.74) is 5.68. The van der Waals surface area contributed by atoms with E-state index in [-0.39, 0.29) is 22.1 Å². The Morgan fingerprint density at radius 3 is 2.45 bits per heavy atom. The number of nitrogens with one attached hydrogen (secondary N) is 1. The summed E-state index contributed by atoms with van der Waals surface area (Å²) in [5, 5.41) is 8.12. The lowest BCUT2D eigenvalue weighted by Gasteiger charge is -2.25. The molecule has 112 valence electrons. The third-order valence-electron chi connectivity index (χ3n) is 3.27. The standard InChI is InChI=1S/C11H17N3O4S2/c1-11(4-5-19(15,16)7-11)14-8-2-3-10(9(12)6-8)20(13,17)18/h2-3,6,14H,4-5,7,12H2,1H3,(H2,13,17,18). The van der Waals surface area contributed by atoms with E-state index in [0.717, 1.165) is 0 Å². The minimum absolute atomic E-state index is 0.0296. The molecule has 1 aromatic rings. The largest absolute Gasteiger partial charge is 0.398 e. The lowest BCUT2D eigenvalue weighted by atomic mass is 10.0. The van der Waals surface area contributed by atoms with E-state index in [1.54, 1.807) is 6.92 Å². The molecule has 1 atom stereocenters. The fourth-order valence-corrected chi connectivity index (χ4v) is 5.08. The van der Waals surface area contributed by atoms with E-state index in [2.05, 4.69) is 5.32 Å². The lowest BCUT2D eigenvalue weighted by Crippen LogP contribution is -2.35. The summed E-state index contributed by atoms with van der Waals surface area (Å²) in [7, 11) is -6.89. The highest BCUT2D eigenvalue weighted by atomic mass is 32.2. The van der Waals surface area contributed by atoms with Crippen molar-refractivity contribution in [3.05, 3.63) is 18.2 Å². The maximum atomic E-state index is 11.5. The highest BCUT2D eigenvalue weighted by molar-refractivity contribution is 7.91. The molecule has 7 nitrogen and oxygen atoms in total. The summed E-state index contributed by atoms with van der Waals surface area (Å²) < 4.78 is 45.6. The van der Waals surface area contributed by atoms with Crippen LogP contribution in [0, 0.1) is 0 Å². The second kappa shape index (κ2) is 4.61. The van der Waals surface area contributed by atoms with Crippen molar-refractivity contribution in [1.82, 2.24) is 0 Å². The topological polar surface area (TPSA) is 132 Å². The number of anilines is 2. The fraction of sp³-hybridized carbons (Fsp3) is 0.455. The SMILES string of the molecule is CC1(Nc2ccc(S(N)(=O)=O)c(N)c2)CCS(=O)(=O)C1. The number of hydrogen-bond acceptors (Lipinski definition) is 6. The highest BCUT2D eigenvalue weighted by Gasteiger charge is 2.38. The third kappa shape index (κ3) is 3.22. The summed E-state index contributed by atoms with van der Waals surface area (Å²) in [4.78, 5) is -0.146. The maximum absolute atomic E-state index is 11.5. The van der Waals surface area contributed by atoms with Crippen LogP contribution in [0.3, 0.4) is 0 Å². The van der Waals surface area contributed by atoms with E-state index in [0.29, 0.717) is 12.1 Å². The van der Waals surface area contributed by atoms with Gasteiger partial charge in [0.25, 0.3) is 0 Å². The van der Waals surface area contributed by atoms with Crippen LogP contribution in [0.1, 0.15) is 13.3 Å². The Morgan fingerprint density at radius 1 is 1.35 bits per heavy atom. The Balaban J connectivity index is 2.26. The van der Waals surface area contributed by atoms with Gasteiger partial charge in [-0.15, -0.1) is 0 Å². The molecule has 0 saturated carbocycles. The number of primary sulfonamides is 1. The van der Waals surface area contributed by atoms with Crippen LogP contribution >= 0.6 is 0 Å². The molecule has 0 amide bonds. The Morgan fingerprint density at radius 2 is 2.00 bits per heavy atom. The van der Waals surface area contributed by atoms with Gasteiger partial charge >= 0.3 is 0 Å². The van der Waals surface area contributed by atoms with Gasteiger partial charge in [0, 0.05) is 11.2 Å². The number of nitrogens with two attached hydrogens (primary N) is 2. The first-order valence-electron chi connectivity index (χ1n) is 5.92. The first-order valence-corrected chi connectivity index (χ1v) is 9.29. The summed E-state index contributed by atoms with van der Waals surface area (Å²) in [6.45, 7) is 1.81. The van der Waals surface area contributed by atoms with Crippen LogP contribution in [0.2, 0.25) is 0 Å². The van der Waals surface area contributed by atoms with Gasteiger partial charge < -0.3 is 11.1 Å². The Kier molecular flexibility index (Phi) is 3.47. The third-order valence-corrected chi connectivity index (χ3v) is 6.15. The first-order chi connectivity index (χ1) is 9.01. The van der Waals surface area contributed by atoms with Crippen molar-refractivity contribution in [2.24, 2.45) is 5.14 Å². The second-order valence-electron chi connectivity index (χ2n) is 5.33. The van der Waals surface area contributed by atoms with Gasteiger partial charge in [-0.2, -0.15) is 0 Å². The van der Waals surface area contributed by atoms with Gasteiger partial charge in [0.15, 0.2) is 9.84 Å². The van der Waals surface area contributed by atoms with E-state index in [9.17, 15) is 16.8 Å². The van der Waals surface area contributed by atoms with E-state index < -0.39 is 25.4 Å². The number of hydrogen-bond donors (Lipinski definition) is 3. The Bertz CT molecular complexity index is 743. The predicted octanol–water partition coefficient (Wildman–Crippen LogP) is -0.0947. The fourth-order valence-electron chi connectivity index (χ4n) is 2.34.